The highest BCUT2D eigenvalue weighted by molar-refractivity contribution is 9.10. The third-order valence-electron chi connectivity index (χ3n) is 3.01. The summed E-state index contributed by atoms with van der Waals surface area (Å²) in [5, 5.41) is 3.45. The van der Waals surface area contributed by atoms with Crippen LogP contribution >= 0.6 is 27.5 Å². The van der Waals surface area contributed by atoms with Gasteiger partial charge in [-0.05, 0) is 53.7 Å². The SMILES string of the molecule is CNC(Cc1c(F)ccc(Br)c1F)c1ncccc1Cl. The lowest BCUT2D eigenvalue weighted by atomic mass is 10.0. The molecule has 0 aliphatic heterocycles. The molecule has 0 bridgehead atoms. The van der Waals surface area contributed by atoms with Crippen LogP contribution in [0.1, 0.15) is 17.3 Å². The van der Waals surface area contributed by atoms with E-state index < -0.39 is 11.6 Å². The number of nitrogens with one attached hydrogen (secondary N) is 1. The summed E-state index contributed by atoms with van der Waals surface area (Å²) in [5.41, 5.74) is 0.566. The number of hydrogen-bond acceptors (Lipinski definition) is 2. The lowest BCUT2D eigenvalue weighted by Crippen LogP contribution is -2.21. The molecule has 0 radical (unpaired) electrons. The predicted molar refractivity (Wildman–Crippen MR) is 78.8 cm³/mol. The lowest BCUT2D eigenvalue weighted by molar-refractivity contribution is 0.507. The molecule has 1 unspecified atom stereocenters. The van der Waals surface area contributed by atoms with Crippen molar-refractivity contribution in [2.45, 2.75) is 12.5 Å². The summed E-state index contributed by atoms with van der Waals surface area (Å²) in [6.07, 6.45) is 1.71. The molecule has 0 aliphatic carbocycles. The molecular formula is C14H12BrClF2N2. The van der Waals surface area contributed by atoms with Gasteiger partial charge in [-0.2, -0.15) is 0 Å². The van der Waals surface area contributed by atoms with Gasteiger partial charge in [0, 0.05) is 11.8 Å². The van der Waals surface area contributed by atoms with Crippen LogP contribution in [0.25, 0.3) is 0 Å². The first kappa shape index (κ1) is 15.4. The topological polar surface area (TPSA) is 24.9 Å². The third-order valence-corrected chi connectivity index (χ3v) is 3.94. The maximum atomic E-state index is 14.0. The van der Waals surface area contributed by atoms with Crippen molar-refractivity contribution in [1.29, 1.82) is 0 Å². The fourth-order valence-corrected chi connectivity index (χ4v) is 2.57. The quantitative estimate of drug-likeness (QED) is 0.822. The van der Waals surface area contributed by atoms with Gasteiger partial charge < -0.3 is 5.32 Å². The summed E-state index contributed by atoms with van der Waals surface area (Å²) in [6, 6.07) is 5.61. The third kappa shape index (κ3) is 3.16. The Labute approximate surface area is 129 Å². The highest BCUT2D eigenvalue weighted by Gasteiger charge is 2.20. The van der Waals surface area contributed by atoms with Crippen LogP contribution in [0.5, 0.6) is 0 Å². The summed E-state index contributed by atoms with van der Waals surface area (Å²) >= 11 is 9.13. The van der Waals surface area contributed by atoms with Crippen molar-refractivity contribution in [1.82, 2.24) is 10.3 Å². The maximum Gasteiger partial charge on any atom is 0.143 e. The van der Waals surface area contributed by atoms with Crippen LogP contribution in [0.4, 0.5) is 8.78 Å². The summed E-state index contributed by atoms with van der Waals surface area (Å²) in [7, 11) is 1.70. The Balaban J connectivity index is 2.37. The zero-order valence-corrected chi connectivity index (χ0v) is 13.0. The summed E-state index contributed by atoms with van der Waals surface area (Å²) in [6.45, 7) is 0. The summed E-state index contributed by atoms with van der Waals surface area (Å²) < 4.78 is 28.0. The van der Waals surface area contributed by atoms with Crippen LogP contribution in [0.15, 0.2) is 34.9 Å². The molecule has 0 saturated carbocycles. The van der Waals surface area contributed by atoms with Crippen LogP contribution in [-0.2, 0) is 6.42 Å². The standard InChI is InChI=1S/C14H12BrClF2N2/c1-19-12(14-10(16)3-2-6-20-14)7-8-11(17)5-4-9(15)13(8)18/h2-6,12,19H,7H2,1H3. The largest absolute Gasteiger partial charge is 0.311 e. The molecule has 106 valence electrons. The molecule has 1 heterocycles. The Hall–Kier alpha value is -1.04. The van der Waals surface area contributed by atoms with Gasteiger partial charge in [0.05, 0.1) is 21.2 Å². The molecular weight excluding hydrogens is 350 g/mol. The number of nitrogens with zero attached hydrogens (tertiary/aromatic N) is 1. The number of halogens is 4. The second kappa shape index (κ2) is 6.61. The normalized spacial score (nSPS) is 12.4. The molecule has 0 fully saturated rings. The van der Waals surface area contributed by atoms with Crippen molar-refractivity contribution in [3.05, 3.63) is 62.8 Å². The second-order valence-electron chi connectivity index (χ2n) is 4.24. The smallest absolute Gasteiger partial charge is 0.143 e. The first-order valence-corrected chi connectivity index (χ1v) is 7.11. The number of rotatable bonds is 4. The number of likely N-dealkylation sites (N-methyl/N-ethyl adjacent to an activating group) is 1. The zero-order valence-electron chi connectivity index (χ0n) is 10.6. The molecule has 1 atom stereocenters. The average Bonchev–Trinajstić information content (AvgIpc) is 2.45. The molecule has 2 rings (SSSR count). The summed E-state index contributed by atoms with van der Waals surface area (Å²) in [5.74, 6) is -1.18. The van der Waals surface area contributed by atoms with E-state index in [1.807, 2.05) is 0 Å². The van der Waals surface area contributed by atoms with E-state index in [4.69, 9.17) is 11.6 Å². The van der Waals surface area contributed by atoms with Crippen LogP contribution in [0.2, 0.25) is 5.02 Å². The van der Waals surface area contributed by atoms with E-state index >= 15 is 0 Å². The highest BCUT2D eigenvalue weighted by Crippen LogP contribution is 2.28. The molecule has 1 aromatic heterocycles. The van der Waals surface area contributed by atoms with Crippen LogP contribution < -0.4 is 5.32 Å². The monoisotopic (exact) mass is 360 g/mol. The fraction of sp³-hybridized carbons (Fsp3) is 0.214. The Morgan fingerprint density at radius 2 is 2.10 bits per heavy atom. The summed E-state index contributed by atoms with van der Waals surface area (Å²) in [4.78, 5) is 4.18. The van der Waals surface area contributed by atoms with Crippen LogP contribution in [0.3, 0.4) is 0 Å². The number of benzene rings is 1. The molecule has 0 spiro atoms. The van der Waals surface area contributed by atoms with E-state index in [-0.39, 0.29) is 22.5 Å². The van der Waals surface area contributed by atoms with Gasteiger partial charge in [-0.3, -0.25) is 4.98 Å². The van der Waals surface area contributed by atoms with E-state index in [1.54, 1.807) is 25.4 Å². The van der Waals surface area contributed by atoms with Crippen LogP contribution in [0, 0.1) is 11.6 Å². The lowest BCUT2D eigenvalue weighted by Gasteiger charge is -2.18. The van der Waals surface area contributed by atoms with Crippen molar-refractivity contribution < 1.29 is 8.78 Å². The Morgan fingerprint density at radius 3 is 2.75 bits per heavy atom. The van der Waals surface area contributed by atoms with Crippen molar-refractivity contribution in [2.24, 2.45) is 0 Å². The van der Waals surface area contributed by atoms with Gasteiger partial charge in [-0.1, -0.05) is 11.6 Å². The molecule has 0 saturated heterocycles. The van der Waals surface area contributed by atoms with Crippen molar-refractivity contribution in [3.8, 4) is 0 Å². The first-order chi connectivity index (χ1) is 9.54. The van der Waals surface area contributed by atoms with Gasteiger partial charge in [0.1, 0.15) is 11.6 Å². The van der Waals surface area contributed by atoms with Gasteiger partial charge in [0.15, 0.2) is 0 Å². The molecule has 2 aromatic rings. The number of aromatic nitrogens is 1. The van der Waals surface area contributed by atoms with E-state index in [0.29, 0.717) is 10.7 Å². The molecule has 6 heteroatoms. The van der Waals surface area contributed by atoms with E-state index in [0.717, 1.165) is 0 Å². The minimum atomic E-state index is -0.600. The van der Waals surface area contributed by atoms with E-state index in [1.165, 1.54) is 12.1 Å². The molecule has 0 aliphatic rings. The van der Waals surface area contributed by atoms with Gasteiger partial charge in [0.25, 0.3) is 0 Å². The predicted octanol–water partition coefficient (Wildman–Crippen LogP) is 4.28. The second-order valence-corrected chi connectivity index (χ2v) is 5.50. The zero-order chi connectivity index (χ0) is 14.7. The molecule has 2 nitrogen and oxygen atoms in total. The molecule has 0 amide bonds. The number of hydrogen-bond donors (Lipinski definition) is 1. The Bertz CT molecular complexity index is 622. The number of pyridine rings is 1. The van der Waals surface area contributed by atoms with Gasteiger partial charge in [-0.25, -0.2) is 8.78 Å². The van der Waals surface area contributed by atoms with Crippen molar-refractivity contribution >= 4 is 27.5 Å². The Kier molecular flexibility index (Phi) is 5.07. The minimum absolute atomic E-state index is 0.000412. The van der Waals surface area contributed by atoms with Crippen molar-refractivity contribution in [3.63, 3.8) is 0 Å². The molecule has 1 aromatic carbocycles. The highest BCUT2D eigenvalue weighted by atomic mass is 79.9. The van der Waals surface area contributed by atoms with Crippen molar-refractivity contribution in [2.75, 3.05) is 7.05 Å². The average molecular weight is 362 g/mol. The van der Waals surface area contributed by atoms with E-state index in [2.05, 4.69) is 26.2 Å². The Morgan fingerprint density at radius 1 is 1.35 bits per heavy atom. The van der Waals surface area contributed by atoms with Gasteiger partial charge in [-0.15, -0.1) is 0 Å². The van der Waals surface area contributed by atoms with Crippen LogP contribution in [-0.4, -0.2) is 12.0 Å². The molecule has 20 heavy (non-hydrogen) atoms. The van der Waals surface area contributed by atoms with E-state index in [9.17, 15) is 8.78 Å². The maximum absolute atomic E-state index is 14.0. The fourth-order valence-electron chi connectivity index (χ4n) is 1.95. The molecule has 1 N–H and O–H groups in total. The van der Waals surface area contributed by atoms with Gasteiger partial charge >= 0.3 is 0 Å². The minimum Gasteiger partial charge on any atom is -0.311 e. The first-order valence-electron chi connectivity index (χ1n) is 5.94. The van der Waals surface area contributed by atoms with Gasteiger partial charge in [0.2, 0.25) is 0 Å².